The van der Waals surface area contributed by atoms with Crippen LogP contribution in [0.4, 0.5) is 0 Å². The molecule has 12 heteroatoms. The number of aliphatic carboxylic acids is 1. The third-order valence-electron chi connectivity index (χ3n) is 5.14. The van der Waals surface area contributed by atoms with Gasteiger partial charge in [-0.05, 0) is 11.8 Å². The Morgan fingerprint density at radius 3 is 1.74 bits per heavy atom. The number of hydrogen-bond acceptors (Lipinski definition) is 7. The molecule has 0 aliphatic heterocycles. The van der Waals surface area contributed by atoms with E-state index in [1.165, 1.54) is 0 Å². The Kier molecular flexibility index (Phi) is 12.4. The summed E-state index contributed by atoms with van der Waals surface area (Å²) in [5.74, 6) is -5.35. The van der Waals surface area contributed by atoms with Crippen molar-refractivity contribution in [1.82, 2.24) is 16.0 Å². The van der Waals surface area contributed by atoms with E-state index in [0.29, 0.717) is 12.8 Å². The molecule has 0 bridgehead atoms. The minimum Gasteiger partial charge on any atom is -0.480 e. The van der Waals surface area contributed by atoms with E-state index in [9.17, 15) is 29.1 Å². The molecule has 0 aromatic carbocycles. The van der Waals surface area contributed by atoms with Crippen LogP contribution >= 0.6 is 0 Å². The van der Waals surface area contributed by atoms with Crippen LogP contribution in [0.25, 0.3) is 0 Å². The summed E-state index contributed by atoms with van der Waals surface area (Å²) < 4.78 is 0. The summed E-state index contributed by atoms with van der Waals surface area (Å²) in [6, 6.07) is -5.01. The van der Waals surface area contributed by atoms with Crippen LogP contribution in [-0.4, -0.2) is 70.6 Å². The molecule has 0 aliphatic rings. The number of aliphatic hydroxyl groups excluding tert-OH is 1. The van der Waals surface area contributed by atoms with Crippen molar-refractivity contribution in [3.8, 4) is 0 Å². The van der Waals surface area contributed by atoms with Gasteiger partial charge in [-0.25, -0.2) is 4.79 Å². The van der Waals surface area contributed by atoms with Crippen molar-refractivity contribution in [3.63, 3.8) is 0 Å². The molecule has 0 saturated carbocycles. The summed E-state index contributed by atoms with van der Waals surface area (Å²) >= 11 is 0. The number of nitrogens with two attached hydrogens (primary N) is 2. The smallest absolute Gasteiger partial charge is 0.326 e. The molecule has 0 saturated heterocycles. The molecule has 0 fully saturated rings. The lowest BCUT2D eigenvalue weighted by Crippen LogP contribution is -2.59. The zero-order valence-corrected chi connectivity index (χ0v) is 18.4. The molecular formula is C19H35N5O7. The van der Waals surface area contributed by atoms with Gasteiger partial charge in [0.1, 0.15) is 24.2 Å². The lowest BCUT2D eigenvalue weighted by molar-refractivity contribution is -0.144. The van der Waals surface area contributed by atoms with Gasteiger partial charge in [0.15, 0.2) is 0 Å². The number of primary amides is 1. The third-order valence-corrected chi connectivity index (χ3v) is 5.14. The normalized spacial score (nSPS) is 16.7. The van der Waals surface area contributed by atoms with E-state index in [0.717, 1.165) is 0 Å². The van der Waals surface area contributed by atoms with Crippen molar-refractivity contribution in [2.45, 2.75) is 71.1 Å². The molecule has 0 radical (unpaired) electrons. The summed E-state index contributed by atoms with van der Waals surface area (Å²) in [4.78, 5) is 60.4. The van der Waals surface area contributed by atoms with Crippen molar-refractivity contribution in [2.24, 2.45) is 23.3 Å². The molecule has 178 valence electrons. The minimum absolute atomic E-state index is 0.376. The molecule has 0 aromatic rings. The van der Waals surface area contributed by atoms with E-state index in [1.807, 2.05) is 0 Å². The molecule has 0 spiro atoms. The van der Waals surface area contributed by atoms with E-state index in [2.05, 4.69) is 16.0 Å². The highest BCUT2D eigenvalue weighted by atomic mass is 16.4. The van der Waals surface area contributed by atoms with Crippen molar-refractivity contribution in [3.05, 3.63) is 0 Å². The Labute approximate surface area is 181 Å². The van der Waals surface area contributed by atoms with Gasteiger partial charge in [0.2, 0.25) is 23.6 Å². The van der Waals surface area contributed by atoms with Crippen molar-refractivity contribution in [2.75, 3.05) is 6.61 Å². The molecule has 0 aromatic heterocycles. The largest absolute Gasteiger partial charge is 0.480 e. The van der Waals surface area contributed by atoms with Crippen LogP contribution in [0.5, 0.6) is 0 Å². The average Bonchev–Trinajstić information content (AvgIpc) is 2.72. The Morgan fingerprint density at radius 1 is 0.839 bits per heavy atom. The number of nitrogens with one attached hydrogen (secondary N) is 3. The first-order chi connectivity index (χ1) is 14.4. The van der Waals surface area contributed by atoms with Gasteiger partial charge in [0.25, 0.3) is 0 Å². The van der Waals surface area contributed by atoms with Gasteiger partial charge < -0.3 is 37.6 Å². The average molecular weight is 446 g/mol. The monoisotopic (exact) mass is 445 g/mol. The first kappa shape index (κ1) is 28.3. The summed E-state index contributed by atoms with van der Waals surface area (Å²) in [5, 5.41) is 25.5. The molecule has 9 N–H and O–H groups in total. The topological polar surface area (TPSA) is 214 Å². The second kappa shape index (κ2) is 13.5. The summed E-state index contributed by atoms with van der Waals surface area (Å²) in [7, 11) is 0. The number of hydrogen-bond donors (Lipinski definition) is 7. The van der Waals surface area contributed by atoms with Crippen LogP contribution in [0.2, 0.25) is 0 Å². The maximum atomic E-state index is 12.8. The van der Waals surface area contributed by atoms with Gasteiger partial charge in [-0.2, -0.15) is 0 Å². The Hall–Kier alpha value is -2.73. The van der Waals surface area contributed by atoms with Crippen LogP contribution in [0, 0.1) is 11.8 Å². The second-order valence-electron chi connectivity index (χ2n) is 7.60. The lowest BCUT2D eigenvalue weighted by atomic mass is 9.96. The Balaban J connectivity index is 5.59. The summed E-state index contributed by atoms with van der Waals surface area (Å²) in [6.07, 6.45) is 0.383. The van der Waals surface area contributed by atoms with Crippen LogP contribution < -0.4 is 27.4 Å². The molecule has 31 heavy (non-hydrogen) atoms. The zero-order chi connectivity index (χ0) is 24.3. The van der Waals surface area contributed by atoms with E-state index in [1.54, 1.807) is 27.7 Å². The van der Waals surface area contributed by atoms with Gasteiger partial charge >= 0.3 is 5.97 Å². The number of rotatable bonds is 14. The lowest BCUT2D eigenvalue weighted by Gasteiger charge is -2.28. The van der Waals surface area contributed by atoms with Gasteiger partial charge in [0, 0.05) is 0 Å². The third kappa shape index (κ3) is 9.30. The predicted octanol–water partition coefficient (Wildman–Crippen LogP) is -2.19. The number of carbonyl (C=O) groups is 5. The highest BCUT2D eigenvalue weighted by Crippen LogP contribution is 2.11. The van der Waals surface area contributed by atoms with Gasteiger partial charge in [-0.1, -0.05) is 40.5 Å². The second-order valence-corrected chi connectivity index (χ2v) is 7.60. The number of amides is 4. The van der Waals surface area contributed by atoms with Gasteiger partial charge in [-0.3, -0.25) is 19.2 Å². The van der Waals surface area contributed by atoms with E-state index in [-0.39, 0.29) is 5.92 Å². The quantitative estimate of drug-likeness (QED) is 0.155. The molecule has 0 unspecified atom stereocenters. The maximum absolute atomic E-state index is 12.8. The zero-order valence-electron chi connectivity index (χ0n) is 18.4. The number of carbonyl (C=O) groups excluding carboxylic acids is 4. The maximum Gasteiger partial charge on any atom is 0.326 e. The molecular weight excluding hydrogens is 410 g/mol. The number of carboxylic acid groups (broad SMARTS) is 1. The number of carboxylic acids is 1. The van der Waals surface area contributed by atoms with Crippen molar-refractivity contribution >= 4 is 29.6 Å². The van der Waals surface area contributed by atoms with Crippen LogP contribution in [0.1, 0.15) is 47.0 Å². The first-order valence-electron chi connectivity index (χ1n) is 10.2. The standard InChI is InChI=1S/C19H35N5O7/c1-5-9(3)14(23-16(27)11(20)8-25)18(29)22-12(7-13(21)26)17(28)24-15(19(30)31)10(4)6-2/h9-12,14-15,25H,5-8,20H2,1-4H3,(H2,21,26)(H,22,29)(H,23,27)(H,24,28)(H,30,31)/t9-,10-,11-,12-,14-,15-/m0/s1. The molecule has 0 rings (SSSR count). The number of aliphatic hydroxyl groups is 1. The molecule has 6 atom stereocenters. The fourth-order valence-electron chi connectivity index (χ4n) is 2.65. The van der Waals surface area contributed by atoms with E-state index < -0.39 is 72.7 Å². The molecule has 0 heterocycles. The van der Waals surface area contributed by atoms with Gasteiger partial charge in [-0.15, -0.1) is 0 Å². The highest BCUT2D eigenvalue weighted by Gasteiger charge is 2.34. The minimum atomic E-state index is -1.44. The SMILES string of the molecule is CC[C@H](C)[C@H](NC(=O)[C@H](CC(N)=O)NC(=O)[C@@H](NC(=O)[C@@H](N)CO)[C@@H](C)CC)C(=O)O. The van der Waals surface area contributed by atoms with E-state index in [4.69, 9.17) is 16.6 Å². The Bertz CT molecular complexity index is 658. The summed E-state index contributed by atoms with van der Waals surface area (Å²) in [5.41, 5.74) is 10.7. The van der Waals surface area contributed by atoms with Crippen LogP contribution in [0.15, 0.2) is 0 Å². The predicted molar refractivity (Wildman–Crippen MR) is 111 cm³/mol. The summed E-state index contributed by atoms with van der Waals surface area (Å²) in [6.45, 7) is 6.23. The Morgan fingerprint density at radius 2 is 1.32 bits per heavy atom. The highest BCUT2D eigenvalue weighted by molar-refractivity contribution is 5.96. The van der Waals surface area contributed by atoms with E-state index >= 15 is 0 Å². The first-order valence-corrected chi connectivity index (χ1v) is 10.2. The van der Waals surface area contributed by atoms with Crippen LogP contribution in [0.3, 0.4) is 0 Å². The molecule has 4 amide bonds. The molecule has 12 nitrogen and oxygen atoms in total. The molecule has 0 aliphatic carbocycles. The fourth-order valence-corrected chi connectivity index (χ4v) is 2.65. The van der Waals surface area contributed by atoms with Crippen molar-refractivity contribution < 1.29 is 34.2 Å². The fraction of sp³-hybridized carbons (Fsp3) is 0.737. The van der Waals surface area contributed by atoms with Crippen LogP contribution in [-0.2, 0) is 24.0 Å². The van der Waals surface area contributed by atoms with Gasteiger partial charge in [0.05, 0.1) is 13.0 Å². The van der Waals surface area contributed by atoms with Crippen molar-refractivity contribution in [1.29, 1.82) is 0 Å².